The van der Waals surface area contributed by atoms with Crippen molar-refractivity contribution >= 4 is 0 Å². The standard InChI is InChI=1S/C26H43NO2/c1-4-6-11-20(3)25(28)14-13-23-24-18-21(17-22(24)19-26(23)29)12-9-8-10-16-27-15-7-5-2/h12-14,20,22-29H,5,7-11,15-19H2,1-3H3/t20-,22?,23?,24-,25+,26?/m0/s1. The van der Waals surface area contributed by atoms with Crippen LogP contribution in [0.3, 0.4) is 0 Å². The largest absolute Gasteiger partial charge is 0.392 e. The van der Waals surface area contributed by atoms with Crippen LogP contribution in [-0.4, -0.2) is 35.5 Å². The third-order valence-corrected chi connectivity index (χ3v) is 6.77. The van der Waals surface area contributed by atoms with Crippen molar-refractivity contribution in [2.45, 2.75) is 90.8 Å². The predicted octanol–water partition coefficient (Wildman–Crippen LogP) is 4.85. The Kier molecular flexibility index (Phi) is 11.1. The molecule has 29 heavy (non-hydrogen) atoms. The number of allylic oxidation sites excluding steroid dienone is 2. The second kappa shape index (κ2) is 13.3. The summed E-state index contributed by atoms with van der Waals surface area (Å²) < 4.78 is 0. The molecule has 0 heterocycles. The van der Waals surface area contributed by atoms with Crippen LogP contribution in [0.5, 0.6) is 0 Å². The Morgan fingerprint density at radius 2 is 2.00 bits per heavy atom. The molecule has 0 saturated heterocycles. The molecule has 2 aliphatic rings. The molecule has 2 rings (SSSR count). The van der Waals surface area contributed by atoms with Gasteiger partial charge in [0.2, 0.25) is 0 Å². The Labute approximate surface area is 179 Å². The second-order valence-electron chi connectivity index (χ2n) is 9.16. The summed E-state index contributed by atoms with van der Waals surface area (Å²) in [7, 11) is 0. The molecule has 2 aliphatic carbocycles. The molecular weight excluding hydrogens is 358 g/mol. The molecule has 3 N–H and O–H groups in total. The average molecular weight is 402 g/mol. The fourth-order valence-corrected chi connectivity index (χ4v) is 4.88. The van der Waals surface area contributed by atoms with E-state index in [2.05, 4.69) is 36.2 Å². The summed E-state index contributed by atoms with van der Waals surface area (Å²) in [5.74, 6) is 7.41. The lowest BCUT2D eigenvalue weighted by molar-refractivity contribution is 0.137. The molecule has 2 fully saturated rings. The molecule has 0 spiro atoms. The lowest BCUT2D eigenvalue weighted by Gasteiger charge is -2.19. The predicted molar refractivity (Wildman–Crippen MR) is 122 cm³/mol. The number of nitrogens with one attached hydrogen (secondary N) is 1. The Balaban J connectivity index is 1.75. The smallest absolute Gasteiger partial charge is 0.0755 e. The summed E-state index contributed by atoms with van der Waals surface area (Å²) in [4.78, 5) is 0. The van der Waals surface area contributed by atoms with Crippen LogP contribution in [0.2, 0.25) is 0 Å². The summed E-state index contributed by atoms with van der Waals surface area (Å²) in [6, 6.07) is 0. The van der Waals surface area contributed by atoms with Gasteiger partial charge in [0.05, 0.1) is 12.2 Å². The Morgan fingerprint density at radius 1 is 1.21 bits per heavy atom. The fourth-order valence-electron chi connectivity index (χ4n) is 4.88. The van der Waals surface area contributed by atoms with Crippen LogP contribution < -0.4 is 5.32 Å². The highest BCUT2D eigenvalue weighted by Gasteiger charge is 2.44. The highest BCUT2D eigenvalue weighted by atomic mass is 16.3. The van der Waals surface area contributed by atoms with Crippen LogP contribution >= 0.6 is 0 Å². The van der Waals surface area contributed by atoms with E-state index >= 15 is 0 Å². The van der Waals surface area contributed by atoms with Crippen LogP contribution in [0.4, 0.5) is 0 Å². The summed E-state index contributed by atoms with van der Waals surface area (Å²) in [6.07, 6.45) is 15.9. The zero-order valence-electron chi connectivity index (χ0n) is 18.9. The summed E-state index contributed by atoms with van der Waals surface area (Å²) in [6.45, 7) is 8.38. The van der Waals surface area contributed by atoms with Crippen LogP contribution in [0, 0.1) is 35.5 Å². The van der Waals surface area contributed by atoms with Gasteiger partial charge >= 0.3 is 0 Å². The van der Waals surface area contributed by atoms with Gasteiger partial charge in [-0.25, -0.2) is 0 Å². The first kappa shape index (κ1) is 24.2. The number of aliphatic hydroxyl groups excluding tert-OH is 2. The zero-order valence-corrected chi connectivity index (χ0v) is 18.9. The van der Waals surface area contributed by atoms with Crippen LogP contribution in [0.15, 0.2) is 23.8 Å². The minimum Gasteiger partial charge on any atom is -0.392 e. The first-order valence-electron chi connectivity index (χ1n) is 11.9. The molecule has 3 nitrogen and oxygen atoms in total. The highest BCUT2D eigenvalue weighted by Crippen LogP contribution is 2.50. The zero-order chi connectivity index (χ0) is 21.1. The molecule has 0 radical (unpaired) electrons. The molecule has 3 heteroatoms. The fraction of sp³-hybridized carbons (Fsp3) is 0.769. The van der Waals surface area contributed by atoms with E-state index < -0.39 is 6.10 Å². The maximum atomic E-state index is 10.5. The van der Waals surface area contributed by atoms with Crippen molar-refractivity contribution in [1.82, 2.24) is 5.32 Å². The van der Waals surface area contributed by atoms with E-state index in [1.807, 2.05) is 19.9 Å². The molecule has 164 valence electrons. The van der Waals surface area contributed by atoms with Gasteiger partial charge in [0, 0.05) is 12.3 Å². The van der Waals surface area contributed by atoms with E-state index in [9.17, 15) is 10.2 Å². The first-order chi connectivity index (χ1) is 14.1. The summed E-state index contributed by atoms with van der Waals surface area (Å²) >= 11 is 0. The molecule has 0 aromatic rings. The van der Waals surface area contributed by atoms with E-state index in [0.29, 0.717) is 18.3 Å². The van der Waals surface area contributed by atoms with Gasteiger partial charge in [0.15, 0.2) is 0 Å². The number of aliphatic hydroxyl groups is 2. The second-order valence-corrected chi connectivity index (χ2v) is 9.16. The van der Waals surface area contributed by atoms with E-state index in [4.69, 9.17) is 0 Å². The van der Waals surface area contributed by atoms with Gasteiger partial charge in [0.1, 0.15) is 0 Å². The maximum Gasteiger partial charge on any atom is 0.0755 e. The molecule has 0 aromatic carbocycles. The SMILES string of the molecule is CC#CC[C@H](C)[C@H](O)C=CC1C(O)CC2CC(=CCCCCNCCCC)C[C@@H]21. The van der Waals surface area contributed by atoms with Crippen molar-refractivity contribution in [3.8, 4) is 11.8 Å². The van der Waals surface area contributed by atoms with Gasteiger partial charge < -0.3 is 15.5 Å². The van der Waals surface area contributed by atoms with Crippen molar-refractivity contribution in [3.63, 3.8) is 0 Å². The Bertz CT molecular complexity index is 585. The van der Waals surface area contributed by atoms with Gasteiger partial charge in [-0.15, -0.1) is 11.8 Å². The summed E-state index contributed by atoms with van der Waals surface area (Å²) in [5.41, 5.74) is 1.59. The van der Waals surface area contributed by atoms with Crippen molar-refractivity contribution in [1.29, 1.82) is 0 Å². The monoisotopic (exact) mass is 401 g/mol. The third kappa shape index (κ3) is 7.93. The van der Waals surface area contributed by atoms with Gasteiger partial charge in [-0.1, -0.05) is 44.1 Å². The van der Waals surface area contributed by atoms with E-state index in [0.717, 1.165) is 32.4 Å². The molecule has 0 aromatic heterocycles. The molecule has 2 saturated carbocycles. The molecular formula is C26H43NO2. The molecule has 6 atom stereocenters. The Hall–Kier alpha value is -1.08. The minimum atomic E-state index is -0.482. The summed E-state index contributed by atoms with van der Waals surface area (Å²) in [5, 5.41) is 24.4. The van der Waals surface area contributed by atoms with E-state index in [1.165, 1.54) is 32.1 Å². The topological polar surface area (TPSA) is 52.5 Å². The lowest BCUT2D eigenvalue weighted by Crippen LogP contribution is -2.19. The van der Waals surface area contributed by atoms with Gasteiger partial charge in [-0.3, -0.25) is 0 Å². The normalized spacial score (nSPS) is 29.8. The van der Waals surface area contributed by atoms with E-state index in [-0.39, 0.29) is 17.9 Å². The number of hydrogen-bond donors (Lipinski definition) is 3. The van der Waals surface area contributed by atoms with Crippen molar-refractivity contribution < 1.29 is 10.2 Å². The molecule has 0 aliphatic heterocycles. The number of hydrogen-bond acceptors (Lipinski definition) is 3. The lowest BCUT2D eigenvalue weighted by atomic mass is 9.89. The van der Waals surface area contributed by atoms with Gasteiger partial charge in [-0.2, -0.15) is 0 Å². The first-order valence-corrected chi connectivity index (χ1v) is 11.9. The van der Waals surface area contributed by atoms with E-state index in [1.54, 1.807) is 5.57 Å². The maximum absolute atomic E-state index is 10.5. The Morgan fingerprint density at radius 3 is 2.76 bits per heavy atom. The van der Waals surface area contributed by atoms with Gasteiger partial charge in [0.25, 0.3) is 0 Å². The van der Waals surface area contributed by atoms with Crippen molar-refractivity contribution in [3.05, 3.63) is 23.8 Å². The van der Waals surface area contributed by atoms with Crippen LogP contribution in [0.25, 0.3) is 0 Å². The molecule has 3 unspecified atom stereocenters. The number of unbranched alkanes of at least 4 members (excludes halogenated alkanes) is 3. The molecule has 0 amide bonds. The van der Waals surface area contributed by atoms with Crippen molar-refractivity contribution in [2.75, 3.05) is 13.1 Å². The van der Waals surface area contributed by atoms with Crippen LogP contribution in [0.1, 0.15) is 78.6 Å². The highest BCUT2D eigenvalue weighted by molar-refractivity contribution is 5.18. The molecule has 0 bridgehead atoms. The quantitative estimate of drug-likeness (QED) is 0.249. The minimum absolute atomic E-state index is 0.128. The van der Waals surface area contributed by atoms with Gasteiger partial charge in [-0.05, 0) is 82.7 Å². The number of rotatable bonds is 12. The van der Waals surface area contributed by atoms with Crippen molar-refractivity contribution in [2.24, 2.45) is 23.7 Å². The average Bonchev–Trinajstić information content (AvgIpc) is 3.22. The third-order valence-electron chi connectivity index (χ3n) is 6.77. The van der Waals surface area contributed by atoms with Crippen LogP contribution in [-0.2, 0) is 0 Å². The number of fused-ring (bicyclic) bond motifs is 1.